The van der Waals surface area contributed by atoms with E-state index in [1.165, 1.54) is 16.8 Å². The van der Waals surface area contributed by atoms with Crippen molar-refractivity contribution in [2.45, 2.75) is 5.37 Å². The summed E-state index contributed by atoms with van der Waals surface area (Å²) >= 11 is 13.4. The van der Waals surface area contributed by atoms with Crippen molar-refractivity contribution in [3.05, 3.63) is 64.1 Å². The lowest BCUT2D eigenvalue weighted by Gasteiger charge is -2.25. The number of hydrogen-bond acceptors (Lipinski definition) is 4. The fourth-order valence-corrected chi connectivity index (χ4v) is 3.87. The highest BCUT2D eigenvalue weighted by Crippen LogP contribution is 2.40. The third-order valence-corrected chi connectivity index (χ3v) is 5.26. The Bertz CT molecular complexity index is 786. The van der Waals surface area contributed by atoms with Crippen LogP contribution in [0.25, 0.3) is 0 Å². The van der Waals surface area contributed by atoms with E-state index in [2.05, 4.69) is 5.43 Å². The van der Waals surface area contributed by atoms with Crippen LogP contribution in [0.1, 0.15) is 10.9 Å². The highest BCUT2D eigenvalue weighted by atomic mass is 35.5. The van der Waals surface area contributed by atoms with E-state index in [1.807, 2.05) is 18.2 Å². The first-order chi connectivity index (χ1) is 12.0. The fourth-order valence-electron chi connectivity index (χ4n) is 2.30. The topological polar surface area (TPSA) is 58.6 Å². The van der Waals surface area contributed by atoms with Crippen LogP contribution in [0, 0.1) is 0 Å². The number of hydrogen-bond donors (Lipinski definition) is 1. The molecule has 2 aromatic rings. The quantitative estimate of drug-likeness (QED) is 0.837. The van der Waals surface area contributed by atoms with E-state index in [0.717, 1.165) is 5.56 Å². The minimum atomic E-state index is -0.428. The SMILES string of the molecule is O=C(COc1ccc(Cl)cc1)NN1C(=O)CSC1c1ccccc1Cl. The van der Waals surface area contributed by atoms with Gasteiger partial charge in [0, 0.05) is 15.6 Å². The summed E-state index contributed by atoms with van der Waals surface area (Å²) in [4.78, 5) is 24.3. The Balaban J connectivity index is 1.63. The number of nitrogens with zero attached hydrogens (tertiary/aromatic N) is 1. The van der Waals surface area contributed by atoms with Crippen LogP contribution >= 0.6 is 35.0 Å². The van der Waals surface area contributed by atoms with Crippen LogP contribution in [0.3, 0.4) is 0 Å². The highest BCUT2D eigenvalue weighted by molar-refractivity contribution is 8.00. The van der Waals surface area contributed by atoms with Crippen molar-refractivity contribution in [2.24, 2.45) is 0 Å². The first-order valence-electron chi connectivity index (χ1n) is 7.40. The van der Waals surface area contributed by atoms with Crippen LogP contribution in [-0.4, -0.2) is 29.2 Å². The van der Waals surface area contributed by atoms with Crippen LogP contribution in [0.5, 0.6) is 5.75 Å². The largest absolute Gasteiger partial charge is 0.484 e. The van der Waals surface area contributed by atoms with Gasteiger partial charge < -0.3 is 4.74 Å². The molecule has 5 nitrogen and oxygen atoms in total. The molecule has 1 aliphatic heterocycles. The van der Waals surface area contributed by atoms with Gasteiger partial charge in [0.2, 0.25) is 0 Å². The monoisotopic (exact) mass is 396 g/mol. The molecule has 130 valence electrons. The molecule has 0 radical (unpaired) electrons. The second-order valence-electron chi connectivity index (χ2n) is 5.23. The minimum absolute atomic E-state index is 0.185. The number of carbonyl (C=O) groups excluding carboxylic acids is 2. The van der Waals surface area contributed by atoms with Gasteiger partial charge in [-0.1, -0.05) is 41.4 Å². The van der Waals surface area contributed by atoms with E-state index in [9.17, 15) is 9.59 Å². The van der Waals surface area contributed by atoms with Gasteiger partial charge in [0.25, 0.3) is 11.8 Å². The van der Waals surface area contributed by atoms with Crippen molar-refractivity contribution in [3.8, 4) is 5.75 Å². The lowest BCUT2D eigenvalue weighted by atomic mass is 10.2. The number of carbonyl (C=O) groups is 2. The molecule has 0 aromatic heterocycles. The molecular weight excluding hydrogens is 383 g/mol. The Morgan fingerprint density at radius 3 is 2.64 bits per heavy atom. The number of thioether (sulfide) groups is 1. The molecule has 1 heterocycles. The van der Waals surface area contributed by atoms with Crippen LogP contribution in [-0.2, 0) is 9.59 Å². The summed E-state index contributed by atoms with van der Waals surface area (Å²) in [5.74, 6) is 0.177. The molecule has 2 amide bonds. The van der Waals surface area contributed by atoms with Gasteiger partial charge in [0.05, 0.1) is 5.75 Å². The van der Waals surface area contributed by atoms with Gasteiger partial charge in [0.15, 0.2) is 6.61 Å². The van der Waals surface area contributed by atoms with Crippen molar-refractivity contribution in [1.29, 1.82) is 0 Å². The second-order valence-corrected chi connectivity index (χ2v) is 7.14. The second kappa shape index (κ2) is 7.99. The summed E-state index contributed by atoms with van der Waals surface area (Å²) in [6.07, 6.45) is 0. The maximum Gasteiger partial charge on any atom is 0.276 e. The Labute approximate surface area is 159 Å². The predicted octanol–water partition coefficient (Wildman–Crippen LogP) is 3.68. The number of rotatable bonds is 5. The van der Waals surface area contributed by atoms with Gasteiger partial charge in [-0.25, -0.2) is 5.01 Å². The first-order valence-corrected chi connectivity index (χ1v) is 9.21. The Hall–Kier alpha value is -1.89. The van der Waals surface area contributed by atoms with Gasteiger partial charge in [-0.3, -0.25) is 15.0 Å². The third kappa shape index (κ3) is 4.39. The van der Waals surface area contributed by atoms with Crippen molar-refractivity contribution in [2.75, 3.05) is 12.4 Å². The summed E-state index contributed by atoms with van der Waals surface area (Å²) < 4.78 is 5.39. The highest BCUT2D eigenvalue weighted by Gasteiger charge is 2.35. The molecule has 2 aromatic carbocycles. The Morgan fingerprint density at radius 2 is 1.92 bits per heavy atom. The minimum Gasteiger partial charge on any atom is -0.484 e. The number of benzene rings is 2. The molecule has 0 saturated carbocycles. The Morgan fingerprint density at radius 1 is 1.20 bits per heavy atom. The zero-order chi connectivity index (χ0) is 17.8. The maximum atomic E-state index is 12.1. The summed E-state index contributed by atoms with van der Waals surface area (Å²) in [5.41, 5.74) is 3.38. The molecule has 0 aliphatic carbocycles. The molecule has 8 heteroatoms. The molecule has 1 fully saturated rings. The number of ether oxygens (including phenoxy) is 1. The number of amides is 2. The van der Waals surface area contributed by atoms with E-state index in [4.69, 9.17) is 27.9 Å². The molecule has 1 N–H and O–H groups in total. The summed E-state index contributed by atoms with van der Waals surface area (Å²) in [5, 5.41) is 2.07. The van der Waals surface area contributed by atoms with Gasteiger partial charge >= 0.3 is 0 Å². The van der Waals surface area contributed by atoms with Gasteiger partial charge in [-0.2, -0.15) is 0 Å². The molecule has 1 atom stereocenters. The number of halogens is 2. The van der Waals surface area contributed by atoms with Crippen LogP contribution in [0.2, 0.25) is 10.0 Å². The Kier molecular flexibility index (Phi) is 5.73. The summed E-state index contributed by atoms with van der Waals surface area (Å²) in [6, 6.07) is 13.9. The maximum absolute atomic E-state index is 12.1. The average Bonchev–Trinajstić information content (AvgIpc) is 2.95. The van der Waals surface area contributed by atoms with E-state index < -0.39 is 5.91 Å². The molecule has 1 saturated heterocycles. The summed E-state index contributed by atoms with van der Waals surface area (Å²) in [6.45, 7) is -0.217. The molecule has 0 bridgehead atoms. The summed E-state index contributed by atoms with van der Waals surface area (Å²) in [7, 11) is 0. The van der Waals surface area contributed by atoms with Gasteiger partial charge in [0.1, 0.15) is 11.1 Å². The van der Waals surface area contributed by atoms with Crippen molar-refractivity contribution < 1.29 is 14.3 Å². The molecule has 3 rings (SSSR count). The number of nitrogens with one attached hydrogen (secondary N) is 1. The molecule has 25 heavy (non-hydrogen) atoms. The van der Waals surface area contributed by atoms with Crippen LogP contribution in [0.15, 0.2) is 48.5 Å². The molecular formula is C17H14Cl2N2O3S. The average molecular weight is 397 g/mol. The van der Waals surface area contributed by atoms with E-state index >= 15 is 0 Å². The zero-order valence-corrected chi connectivity index (χ0v) is 15.3. The lowest BCUT2D eigenvalue weighted by molar-refractivity contribution is -0.140. The van der Waals surface area contributed by atoms with Gasteiger partial charge in [-0.15, -0.1) is 11.8 Å². The lowest BCUT2D eigenvalue weighted by Crippen LogP contribution is -2.46. The third-order valence-electron chi connectivity index (χ3n) is 3.47. The van der Waals surface area contributed by atoms with Crippen molar-refractivity contribution in [3.63, 3.8) is 0 Å². The standard InChI is InChI=1S/C17H14Cl2N2O3S/c18-11-5-7-12(8-6-11)24-9-15(22)20-21-16(23)10-25-17(21)13-3-1-2-4-14(13)19/h1-8,17H,9-10H2,(H,20,22). The van der Waals surface area contributed by atoms with E-state index in [0.29, 0.717) is 15.8 Å². The van der Waals surface area contributed by atoms with E-state index in [-0.39, 0.29) is 23.6 Å². The zero-order valence-electron chi connectivity index (χ0n) is 12.9. The fraction of sp³-hybridized carbons (Fsp3) is 0.176. The smallest absolute Gasteiger partial charge is 0.276 e. The van der Waals surface area contributed by atoms with Crippen LogP contribution in [0.4, 0.5) is 0 Å². The van der Waals surface area contributed by atoms with Crippen molar-refractivity contribution in [1.82, 2.24) is 10.4 Å². The van der Waals surface area contributed by atoms with Gasteiger partial charge in [-0.05, 0) is 30.3 Å². The molecule has 0 spiro atoms. The predicted molar refractivity (Wildman–Crippen MR) is 98.6 cm³/mol. The molecule has 1 unspecified atom stereocenters. The van der Waals surface area contributed by atoms with E-state index in [1.54, 1.807) is 30.3 Å². The molecule has 1 aliphatic rings. The van der Waals surface area contributed by atoms with Crippen LogP contribution < -0.4 is 10.2 Å². The number of hydrazine groups is 1. The first kappa shape index (κ1) is 17.9. The van der Waals surface area contributed by atoms with Crippen molar-refractivity contribution >= 4 is 46.8 Å². The normalized spacial score (nSPS) is 16.8.